The highest BCUT2D eigenvalue weighted by atomic mass is 16.4. The third-order valence-corrected chi connectivity index (χ3v) is 4.25. The molecular formula is C21H20N6O8. The Bertz CT molecular complexity index is 1180. The molecule has 0 spiro atoms. The van der Waals surface area contributed by atoms with Gasteiger partial charge in [-0.1, -0.05) is 0 Å². The van der Waals surface area contributed by atoms with Crippen molar-refractivity contribution in [2.75, 3.05) is 5.84 Å². The first-order chi connectivity index (χ1) is 15.8. The van der Waals surface area contributed by atoms with Gasteiger partial charge in [-0.2, -0.15) is 0 Å². The Morgan fingerprint density at radius 2 is 0.914 bits per heavy atom. The van der Waals surface area contributed by atoms with Crippen LogP contribution < -0.4 is 5.84 Å². The molecule has 35 heavy (non-hydrogen) atoms. The normalized spacial score (nSPS) is 9.49. The third kappa shape index (κ3) is 6.64. The molecule has 14 heteroatoms. The Morgan fingerprint density at radius 3 is 1.17 bits per heavy atom. The van der Waals surface area contributed by atoms with Crippen LogP contribution in [0.25, 0.3) is 22.8 Å². The number of nitrogen functional groups attached to an aromatic ring is 1. The number of aromatic carboxylic acids is 3. The molecule has 4 rings (SSSR count). The lowest BCUT2D eigenvalue weighted by atomic mass is 10.1. The summed E-state index contributed by atoms with van der Waals surface area (Å²) in [6.07, 6.45) is 6.76. The number of nitrogens with zero attached hydrogens (tertiary/aromatic N) is 5. The summed E-state index contributed by atoms with van der Waals surface area (Å²) in [6, 6.07) is 10.0. The lowest BCUT2D eigenvalue weighted by Crippen LogP contribution is -2.11. The van der Waals surface area contributed by atoms with Crippen LogP contribution in [-0.2, 0) is 0 Å². The zero-order valence-corrected chi connectivity index (χ0v) is 17.7. The largest absolute Gasteiger partial charge is 0.478 e. The number of rotatable bonds is 5. The number of carboxylic acids is 3. The molecule has 9 N–H and O–H groups in total. The Labute approximate surface area is 196 Å². The smallest absolute Gasteiger partial charge is 0.335 e. The van der Waals surface area contributed by atoms with Crippen molar-refractivity contribution in [3.63, 3.8) is 0 Å². The quantitative estimate of drug-likeness (QED) is 0.279. The van der Waals surface area contributed by atoms with Crippen molar-refractivity contribution in [1.82, 2.24) is 24.8 Å². The maximum atomic E-state index is 10.6. The number of pyridine rings is 2. The van der Waals surface area contributed by atoms with Crippen LogP contribution in [0.3, 0.4) is 0 Å². The molecule has 3 heterocycles. The van der Waals surface area contributed by atoms with E-state index in [1.165, 1.54) is 4.68 Å². The molecule has 0 bridgehead atoms. The standard InChI is InChI=1S/C12H10N6.C9H6O6.2H2O/c13-18-11(9-1-5-14-6-2-9)16-17-12(18)10-3-7-15-8-4-10;10-7(11)4-1-5(8(12)13)3-6(2-4)9(14)15;;/h1-8H,13H2;1-3H,(H,10,11)(H,12,13)(H,14,15);2*1H2. The molecule has 4 aromatic rings. The molecule has 0 aliphatic rings. The minimum atomic E-state index is -1.37. The van der Waals surface area contributed by atoms with Gasteiger partial charge in [0.1, 0.15) is 0 Å². The number of nitrogens with two attached hydrogens (primary N) is 1. The number of carbonyl (C=O) groups is 3. The van der Waals surface area contributed by atoms with Gasteiger partial charge in [0, 0.05) is 35.9 Å². The summed E-state index contributed by atoms with van der Waals surface area (Å²) < 4.78 is 1.46. The van der Waals surface area contributed by atoms with Crippen LogP contribution in [0, 0.1) is 0 Å². The van der Waals surface area contributed by atoms with Crippen LogP contribution in [-0.4, -0.2) is 69.0 Å². The minimum absolute atomic E-state index is 0. The molecule has 0 unspecified atom stereocenters. The predicted molar refractivity (Wildman–Crippen MR) is 121 cm³/mol. The zero-order chi connectivity index (χ0) is 24.0. The van der Waals surface area contributed by atoms with E-state index in [4.69, 9.17) is 21.2 Å². The van der Waals surface area contributed by atoms with E-state index in [1.807, 2.05) is 24.3 Å². The lowest BCUT2D eigenvalue weighted by molar-refractivity contribution is 0.0696. The second kappa shape index (κ2) is 12.1. The first-order valence-corrected chi connectivity index (χ1v) is 9.14. The van der Waals surface area contributed by atoms with E-state index in [0.717, 1.165) is 29.3 Å². The van der Waals surface area contributed by atoms with Crippen LogP contribution in [0.5, 0.6) is 0 Å². The van der Waals surface area contributed by atoms with Gasteiger partial charge in [-0.25, -0.2) is 19.1 Å². The Hall–Kier alpha value is -5.21. The first-order valence-electron chi connectivity index (χ1n) is 9.14. The first kappa shape index (κ1) is 27.8. The zero-order valence-electron chi connectivity index (χ0n) is 17.7. The molecule has 0 aliphatic heterocycles. The van der Waals surface area contributed by atoms with Gasteiger partial charge in [-0.3, -0.25) is 9.97 Å². The van der Waals surface area contributed by atoms with Crippen molar-refractivity contribution < 1.29 is 40.7 Å². The van der Waals surface area contributed by atoms with Gasteiger partial charge in [0.25, 0.3) is 0 Å². The summed E-state index contributed by atoms with van der Waals surface area (Å²) in [5, 5.41) is 34.0. The molecule has 0 fully saturated rings. The molecule has 14 nitrogen and oxygen atoms in total. The van der Waals surface area contributed by atoms with Gasteiger partial charge in [-0.05, 0) is 42.5 Å². The van der Waals surface area contributed by atoms with Crippen LogP contribution in [0.2, 0.25) is 0 Å². The van der Waals surface area contributed by atoms with Crippen LogP contribution in [0.1, 0.15) is 31.1 Å². The van der Waals surface area contributed by atoms with Crippen molar-refractivity contribution >= 4 is 17.9 Å². The fourth-order valence-electron chi connectivity index (χ4n) is 2.69. The van der Waals surface area contributed by atoms with Crippen LogP contribution in [0.4, 0.5) is 0 Å². The van der Waals surface area contributed by atoms with E-state index >= 15 is 0 Å². The molecule has 0 saturated heterocycles. The van der Waals surface area contributed by atoms with Gasteiger partial charge in [0.15, 0.2) is 11.6 Å². The van der Waals surface area contributed by atoms with Gasteiger partial charge < -0.3 is 32.1 Å². The van der Waals surface area contributed by atoms with Crippen molar-refractivity contribution in [2.24, 2.45) is 0 Å². The topological polar surface area (TPSA) is 257 Å². The Kier molecular flexibility index (Phi) is 9.65. The maximum absolute atomic E-state index is 10.6. The van der Waals surface area contributed by atoms with E-state index in [0.29, 0.717) is 11.6 Å². The molecule has 0 amide bonds. The van der Waals surface area contributed by atoms with Crippen molar-refractivity contribution in [1.29, 1.82) is 0 Å². The predicted octanol–water partition coefficient (Wildman–Crippen LogP) is 0.248. The van der Waals surface area contributed by atoms with E-state index in [-0.39, 0.29) is 27.6 Å². The van der Waals surface area contributed by atoms with Gasteiger partial charge >= 0.3 is 17.9 Å². The summed E-state index contributed by atoms with van der Waals surface area (Å²) in [5.74, 6) is 3.10. The second-order valence-corrected chi connectivity index (χ2v) is 6.40. The molecule has 0 atom stereocenters. The summed E-state index contributed by atoms with van der Waals surface area (Å²) in [7, 11) is 0. The van der Waals surface area contributed by atoms with E-state index in [2.05, 4.69) is 20.2 Å². The molecule has 0 radical (unpaired) electrons. The summed E-state index contributed by atoms with van der Waals surface area (Å²) in [6.45, 7) is 0. The second-order valence-electron chi connectivity index (χ2n) is 6.40. The van der Waals surface area contributed by atoms with E-state index in [9.17, 15) is 14.4 Å². The summed E-state index contributed by atoms with van der Waals surface area (Å²) in [4.78, 5) is 39.6. The minimum Gasteiger partial charge on any atom is -0.478 e. The number of hydrogen-bond donors (Lipinski definition) is 4. The average molecular weight is 484 g/mol. The van der Waals surface area contributed by atoms with Crippen LogP contribution in [0.15, 0.2) is 67.3 Å². The fourth-order valence-corrected chi connectivity index (χ4v) is 2.69. The molecule has 0 aliphatic carbocycles. The number of carboxylic acid groups (broad SMARTS) is 3. The van der Waals surface area contributed by atoms with E-state index in [1.54, 1.807) is 24.8 Å². The Morgan fingerprint density at radius 1 is 0.629 bits per heavy atom. The Balaban J connectivity index is 0.000000337. The highest BCUT2D eigenvalue weighted by Crippen LogP contribution is 2.20. The third-order valence-electron chi connectivity index (χ3n) is 4.25. The van der Waals surface area contributed by atoms with E-state index < -0.39 is 17.9 Å². The average Bonchev–Trinajstić information content (AvgIpc) is 3.21. The van der Waals surface area contributed by atoms with Crippen LogP contribution >= 0.6 is 0 Å². The number of benzene rings is 1. The summed E-state index contributed by atoms with van der Waals surface area (Å²) in [5.41, 5.74) is 0.646. The van der Waals surface area contributed by atoms with Gasteiger partial charge in [-0.15, -0.1) is 10.2 Å². The fraction of sp³-hybridized carbons (Fsp3) is 0. The highest BCUT2D eigenvalue weighted by Gasteiger charge is 2.14. The molecule has 3 aromatic heterocycles. The van der Waals surface area contributed by atoms with Crippen molar-refractivity contribution in [3.8, 4) is 22.8 Å². The molecule has 182 valence electrons. The number of hydrogen-bond acceptors (Lipinski definition) is 8. The molecule has 0 saturated carbocycles. The number of aromatic nitrogens is 5. The monoisotopic (exact) mass is 484 g/mol. The lowest BCUT2D eigenvalue weighted by Gasteiger charge is -2.03. The van der Waals surface area contributed by atoms with Gasteiger partial charge in [0.05, 0.1) is 16.7 Å². The molecular weight excluding hydrogens is 464 g/mol. The van der Waals surface area contributed by atoms with Crippen molar-refractivity contribution in [3.05, 3.63) is 83.9 Å². The van der Waals surface area contributed by atoms with Crippen molar-refractivity contribution in [2.45, 2.75) is 0 Å². The SMILES string of the molecule is Nn1c(-c2ccncc2)nnc1-c1ccncc1.O.O.O=C(O)c1cc(C(=O)O)cc(C(=O)O)c1. The maximum Gasteiger partial charge on any atom is 0.335 e. The summed E-state index contributed by atoms with van der Waals surface area (Å²) >= 11 is 0. The highest BCUT2D eigenvalue weighted by molar-refractivity contribution is 5.98. The van der Waals surface area contributed by atoms with Gasteiger partial charge in [0.2, 0.25) is 0 Å². The molecule has 1 aromatic carbocycles.